The highest BCUT2D eigenvalue weighted by atomic mass is 32.2. The first-order valence-corrected chi connectivity index (χ1v) is 18.9. The average Bonchev–Trinajstić information content (AvgIpc) is 3.80. The maximum Gasteiger partial charge on any atom is 0.269 e. The van der Waals surface area contributed by atoms with Crippen LogP contribution in [0.4, 0.5) is 0 Å². The number of piperidine rings is 1. The zero-order valence-electron chi connectivity index (χ0n) is 29.2. The van der Waals surface area contributed by atoms with E-state index in [0.717, 1.165) is 56.1 Å². The SMILES string of the molecule is Cc1ccc(S(=O)(=O)n2cc(-c3ccc(OC4CCN(C(=O)[C@H](C)O)CC4)c(C#N)c3)c3cc(-c4cnn(CCN5CCOCC5)c4)cnc32)cc1. The fourth-order valence-electron chi connectivity index (χ4n) is 6.70. The van der Waals surface area contributed by atoms with E-state index in [1.165, 1.54) is 10.9 Å². The van der Waals surface area contributed by atoms with E-state index in [9.17, 15) is 23.6 Å². The van der Waals surface area contributed by atoms with Gasteiger partial charge in [-0.15, -0.1) is 0 Å². The van der Waals surface area contributed by atoms with Gasteiger partial charge in [-0.05, 0) is 49.7 Å². The number of hydrogen-bond acceptors (Lipinski definition) is 10. The van der Waals surface area contributed by atoms with Crippen molar-refractivity contribution in [3.05, 3.63) is 84.4 Å². The third kappa shape index (κ3) is 7.31. The minimum atomic E-state index is -4.03. The van der Waals surface area contributed by atoms with Crippen LogP contribution in [0.2, 0.25) is 0 Å². The van der Waals surface area contributed by atoms with Gasteiger partial charge in [0.25, 0.3) is 15.9 Å². The lowest BCUT2D eigenvalue weighted by atomic mass is 10.0. The number of amides is 1. The maximum atomic E-state index is 14.1. The number of aliphatic hydroxyl groups excluding tert-OH is 1. The summed E-state index contributed by atoms with van der Waals surface area (Å²) in [6.07, 6.45) is 6.84. The number of nitriles is 1. The topological polar surface area (TPSA) is 156 Å². The van der Waals surface area contributed by atoms with Gasteiger partial charge in [0.15, 0.2) is 5.65 Å². The minimum absolute atomic E-state index is 0.136. The second-order valence-corrected chi connectivity index (χ2v) is 15.2. The number of aryl methyl sites for hydroxylation is 1. The van der Waals surface area contributed by atoms with Crippen LogP contribution in [0.3, 0.4) is 0 Å². The van der Waals surface area contributed by atoms with Crippen LogP contribution in [-0.4, -0.2) is 106 Å². The highest BCUT2D eigenvalue weighted by Crippen LogP contribution is 2.37. The van der Waals surface area contributed by atoms with E-state index in [-0.39, 0.29) is 22.6 Å². The van der Waals surface area contributed by atoms with Crippen molar-refractivity contribution >= 4 is 27.0 Å². The van der Waals surface area contributed by atoms with Gasteiger partial charge in [0.05, 0.1) is 36.4 Å². The van der Waals surface area contributed by atoms with Crippen molar-refractivity contribution in [2.24, 2.45) is 0 Å². The van der Waals surface area contributed by atoms with E-state index in [2.05, 4.69) is 16.1 Å². The molecule has 52 heavy (non-hydrogen) atoms. The van der Waals surface area contributed by atoms with Crippen LogP contribution < -0.4 is 4.74 Å². The van der Waals surface area contributed by atoms with Crippen LogP contribution >= 0.6 is 0 Å². The number of hydrogen-bond donors (Lipinski definition) is 1. The summed E-state index contributed by atoms with van der Waals surface area (Å²) in [4.78, 5) is 21.0. The quantitative estimate of drug-likeness (QED) is 0.223. The number of carbonyl (C=O) groups is 1. The van der Waals surface area contributed by atoms with Crippen molar-refractivity contribution < 1.29 is 27.8 Å². The Morgan fingerprint density at radius 1 is 1.00 bits per heavy atom. The predicted octanol–water partition coefficient (Wildman–Crippen LogP) is 4.07. The fourth-order valence-corrected chi connectivity index (χ4v) is 8.03. The molecule has 2 aliphatic rings. The van der Waals surface area contributed by atoms with Crippen LogP contribution in [0.15, 0.2) is 78.2 Å². The molecule has 0 saturated carbocycles. The van der Waals surface area contributed by atoms with Crippen molar-refractivity contribution in [1.29, 1.82) is 5.26 Å². The number of fused-ring (bicyclic) bond motifs is 1. The molecule has 5 aromatic rings. The molecule has 0 aliphatic carbocycles. The summed E-state index contributed by atoms with van der Waals surface area (Å²) >= 11 is 0. The molecule has 0 unspecified atom stereocenters. The molecule has 2 saturated heterocycles. The first-order valence-electron chi connectivity index (χ1n) is 17.4. The molecule has 2 aliphatic heterocycles. The molecular weight excluding hydrogens is 683 g/mol. The summed E-state index contributed by atoms with van der Waals surface area (Å²) in [5.41, 5.74) is 4.34. The van der Waals surface area contributed by atoms with E-state index in [1.807, 2.05) is 29.9 Å². The van der Waals surface area contributed by atoms with E-state index in [4.69, 9.17) is 14.5 Å². The number of aromatic nitrogens is 4. The van der Waals surface area contributed by atoms with Gasteiger partial charge in [0.2, 0.25) is 0 Å². The number of likely N-dealkylation sites (tertiary alicyclic amines) is 1. The summed E-state index contributed by atoms with van der Waals surface area (Å²) in [5, 5.41) is 25.0. The molecule has 2 aromatic carbocycles. The van der Waals surface area contributed by atoms with Crippen LogP contribution in [-0.2, 0) is 26.1 Å². The molecule has 0 radical (unpaired) electrons. The monoisotopic (exact) mass is 723 g/mol. The lowest BCUT2D eigenvalue weighted by Crippen LogP contribution is -2.45. The molecule has 3 aromatic heterocycles. The molecule has 7 rings (SSSR count). The second-order valence-electron chi connectivity index (χ2n) is 13.3. The van der Waals surface area contributed by atoms with Gasteiger partial charge in [-0.2, -0.15) is 10.4 Å². The molecule has 2 fully saturated rings. The largest absolute Gasteiger partial charge is 0.489 e. The van der Waals surface area contributed by atoms with E-state index in [0.29, 0.717) is 53.8 Å². The van der Waals surface area contributed by atoms with E-state index in [1.54, 1.807) is 59.9 Å². The number of benzene rings is 2. The lowest BCUT2D eigenvalue weighted by Gasteiger charge is -2.33. The number of morpholine rings is 1. The highest BCUT2D eigenvalue weighted by molar-refractivity contribution is 7.90. The molecule has 0 spiro atoms. The van der Waals surface area contributed by atoms with Crippen molar-refractivity contribution in [3.8, 4) is 34.1 Å². The Morgan fingerprint density at radius 2 is 1.75 bits per heavy atom. The van der Waals surface area contributed by atoms with E-state index >= 15 is 0 Å². The van der Waals surface area contributed by atoms with Gasteiger partial charge in [-0.3, -0.25) is 14.4 Å². The highest BCUT2D eigenvalue weighted by Gasteiger charge is 2.28. The smallest absolute Gasteiger partial charge is 0.269 e. The summed E-state index contributed by atoms with van der Waals surface area (Å²) < 4.78 is 42.9. The standard InChI is InChI=1S/C38H41N7O6S/c1-26-3-6-33(7-4-26)52(48,49)45-25-35(28-5-8-36(29(19-28)21-39)51-32-9-11-43(12-10-32)38(47)27(2)46)34-20-30(22-40-37(34)45)31-23-41-44(24-31)14-13-42-15-17-50-18-16-42/h3-8,19-20,22-25,27,32,46H,9-18H2,1-2H3/t27-/m0/s1. The zero-order valence-corrected chi connectivity index (χ0v) is 30.0. The van der Waals surface area contributed by atoms with Crippen molar-refractivity contribution in [3.63, 3.8) is 0 Å². The van der Waals surface area contributed by atoms with Crippen LogP contribution in [0.25, 0.3) is 33.3 Å². The van der Waals surface area contributed by atoms with Gasteiger partial charge in [-0.1, -0.05) is 23.8 Å². The van der Waals surface area contributed by atoms with Crippen LogP contribution in [0, 0.1) is 18.3 Å². The van der Waals surface area contributed by atoms with E-state index < -0.39 is 16.1 Å². The molecule has 0 bridgehead atoms. The summed E-state index contributed by atoms with van der Waals surface area (Å²) in [6.45, 7) is 9.09. The molecule has 270 valence electrons. The first kappa shape index (κ1) is 35.3. The van der Waals surface area contributed by atoms with Crippen molar-refractivity contribution in [2.45, 2.75) is 50.3 Å². The fraction of sp³-hybridized carbons (Fsp3) is 0.368. The Morgan fingerprint density at radius 3 is 2.46 bits per heavy atom. The minimum Gasteiger partial charge on any atom is -0.489 e. The Labute approximate surface area is 302 Å². The van der Waals surface area contributed by atoms with Gasteiger partial charge in [0.1, 0.15) is 24.0 Å². The number of nitrogens with zero attached hydrogens (tertiary/aromatic N) is 7. The van der Waals surface area contributed by atoms with Crippen LogP contribution in [0.1, 0.15) is 30.9 Å². The van der Waals surface area contributed by atoms with Crippen molar-refractivity contribution in [2.75, 3.05) is 45.9 Å². The molecule has 1 N–H and O–H groups in total. The molecule has 13 nitrogen and oxygen atoms in total. The second kappa shape index (κ2) is 14.9. The summed E-state index contributed by atoms with van der Waals surface area (Å²) in [6, 6.07) is 16.1. The predicted molar refractivity (Wildman–Crippen MR) is 194 cm³/mol. The summed E-state index contributed by atoms with van der Waals surface area (Å²) in [5.74, 6) is 0.102. The van der Waals surface area contributed by atoms with Gasteiger partial charge in [-0.25, -0.2) is 17.4 Å². The molecule has 1 amide bonds. The number of ether oxygens (including phenoxy) is 2. The third-order valence-electron chi connectivity index (χ3n) is 9.72. The molecule has 1 atom stereocenters. The Hall–Kier alpha value is -5.07. The average molecular weight is 724 g/mol. The van der Waals surface area contributed by atoms with Crippen molar-refractivity contribution in [1.82, 2.24) is 28.5 Å². The Bertz CT molecular complexity index is 2230. The van der Waals surface area contributed by atoms with Crippen LogP contribution in [0.5, 0.6) is 5.75 Å². The number of carbonyl (C=O) groups excluding carboxylic acids is 1. The summed E-state index contributed by atoms with van der Waals surface area (Å²) in [7, 11) is -4.03. The lowest BCUT2D eigenvalue weighted by molar-refractivity contribution is -0.141. The number of aliphatic hydroxyl groups is 1. The Balaban J connectivity index is 1.22. The molecular formula is C38H41N7O6S. The normalized spacial score (nSPS) is 16.5. The maximum absolute atomic E-state index is 14.1. The number of pyridine rings is 1. The molecule has 14 heteroatoms. The molecule has 5 heterocycles. The van der Waals surface area contributed by atoms with Gasteiger partial charge in [0, 0.05) is 86.2 Å². The van der Waals surface area contributed by atoms with Gasteiger partial charge < -0.3 is 19.5 Å². The Kier molecular flexibility index (Phi) is 10.1. The zero-order chi connectivity index (χ0) is 36.4. The number of rotatable bonds is 10. The third-order valence-corrected chi connectivity index (χ3v) is 11.4. The first-order chi connectivity index (χ1) is 25.1. The van der Waals surface area contributed by atoms with Gasteiger partial charge >= 0.3 is 0 Å².